The van der Waals surface area contributed by atoms with Crippen LogP contribution in [0.2, 0.25) is 0 Å². The maximum atomic E-state index is 13.4. The second-order valence-electron chi connectivity index (χ2n) is 8.73. The van der Waals surface area contributed by atoms with Crippen molar-refractivity contribution in [3.8, 4) is 28.4 Å². The summed E-state index contributed by atoms with van der Waals surface area (Å²) < 4.78 is 24.0. The van der Waals surface area contributed by atoms with E-state index in [1.54, 1.807) is 56.9 Å². The number of anilines is 1. The van der Waals surface area contributed by atoms with Gasteiger partial charge in [-0.25, -0.2) is 4.79 Å². The van der Waals surface area contributed by atoms with Crippen molar-refractivity contribution in [3.05, 3.63) is 96.3 Å². The van der Waals surface area contributed by atoms with Crippen molar-refractivity contribution in [3.63, 3.8) is 0 Å². The number of benzene rings is 3. The fourth-order valence-corrected chi connectivity index (χ4v) is 4.21. The van der Waals surface area contributed by atoms with Crippen LogP contribution in [0.4, 0.5) is 5.69 Å². The molecule has 1 amide bonds. The zero-order valence-corrected chi connectivity index (χ0v) is 22.5. The number of amides is 1. The number of nitrogens with one attached hydrogen (secondary N) is 1. The molecule has 202 valence electrons. The number of rotatable bonds is 11. The lowest BCUT2D eigenvalue weighted by Crippen LogP contribution is -2.31. The third kappa shape index (κ3) is 6.41. The number of hydrogen-bond donors (Lipinski definition) is 1. The topological polar surface area (TPSA) is 88.0 Å². The first-order valence-electron chi connectivity index (χ1n) is 12.6. The molecule has 0 radical (unpaired) electrons. The molecule has 8 nitrogen and oxygen atoms in total. The van der Waals surface area contributed by atoms with Crippen LogP contribution in [-0.2, 0) is 16.1 Å². The Bertz CT molecular complexity index is 1420. The second kappa shape index (κ2) is 12.7. The molecule has 4 aromatic rings. The van der Waals surface area contributed by atoms with E-state index in [0.717, 1.165) is 11.1 Å². The Morgan fingerprint density at radius 3 is 2.21 bits per heavy atom. The van der Waals surface area contributed by atoms with E-state index in [1.807, 2.05) is 60.8 Å². The summed E-state index contributed by atoms with van der Waals surface area (Å²) in [6, 6.07) is 24.3. The molecule has 0 aliphatic rings. The maximum Gasteiger partial charge on any atom is 0.357 e. The van der Waals surface area contributed by atoms with Crippen LogP contribution in [0.25, 0.3) is 11.1 Å². The van der Waals surface area contributed by atoms with Gasteiger partial charge in [-0.15, -0.1) is 0 Å². The summed E-state index contributed by atoms with van der Waals surface area (Å²) in [7, 11) is 3.12. The predicted molar refractivity (Wildman–Crippen MR) is 150 cm³/mol. The number of carbonyl (C=O) groups excluding carboxylic acids is 2. The molecule has 0 saturated heterocycles. The average Bonchev–Trinajstić information content (AvgIpc) is 3.31. The molecule has 1 atom stereocenters. The normalized spacial score (nSPS) is 11.4. The molecule has 0 spiro atoms. The lowest BCUT2D eigenvalue weighted by atomic mass is 10.1. The molecule has 8 heteroatoms. The smallest absolute Gasteiger partial charge is 0.357 e. The number of esters is 1. The Hall–Kier alpha value is -4.72. The monoisotopic (exact) mass is 528 g/mol. The van der Waals surface area contributed by atoms with Crippen molar-refractivity contribution in [2.24, 2.45) is 0 Å². The zero-order chi connectivity index (χ0) is 27.8. The highest BCUT2D eigenvalue weighted by atomic mass is 16.5. The van der Waals surface area contributed by atoms with Gasteiger partial charge in [0, 0.05) is 18.3 Å². The summed E-state index contributed by atoms with van der Waals surface area (Å²) >= 11 is 0. The van der Waals surface area contributed by atoms with Gasteiger partial charge >= 0.3 is 5.97 Å². The molecular weight excluding hydrogens is 496 g/mol. The van der Waals surface area contributed by atoms with Crippen molar-refractivity contribution >= 4 is 17.6 Å². The number of methoxy groups -OCH3 is 2. The molecule has 1 N–H and O–H groups in total. The summed E-state index contributed by atoms with van der Waals surface area (Å²) in [6.07, 6.45) is 0.997. The Morgan fingerprint density at radius 2 is 1.56 bits per heavy atom. The van der Waals surface area contributed by atoms with E-state index < -0.39 is 18.0 Å². The van der Waals surface area contributed by atoms with E-state index in [-0.39, 0.29) is 12.3 Å². The van der Waals surface area contributed by atoms with Gasteiger partial charge in [-0.3, -0.25) is 4.79 Å². The fourth-order valence-electron chi connectivity index (χ4n) is 4.21. The molecule has 0 saturated carbocycles. The first-order chi connectivity index (χ1) is 18.9. The third-order valence-electron chi connectivity index (χ3n) is 6.11. The summed E-state index contributed by atoms with van der Waals surface area (Å²) in [5.41, 5.74) is 2.87. The van der Waals surface area contributed by atoms with E-state index >= 15 is 0 Å². The van der Waals surface area contributed by atoms with Crippen molar-refractivity contribution in [2.75, 3.05) is 26.1 Å². The van der Waals surface area contributed by atoms with Crippen LogP contribution in [0.3, 0.4) is 0 Å². The van der Waals surface area contributed by atoms with Crippen LogP contribution in [0.5, 0.6) is 17.2 Å². The van der Waals surface area contributed by atoms with Crippen LogP contribution in [-0.4, -0.2) is 43.4 Å². The summed E-state index contributed by atoms with van der Waals surface area (Å²) in [6.45, 7) is 3.97. The summed E-state index contributed by atoms with van der Waals surface area (Å²) in [5.74, 6) is 0.677. The number of hydrogen-bond acceptors (Lipinski definition) is 6. The Balaban J connectivity index is 1.81. The largest absolute Gasteiger partial charge is 0.493 e. The van der Waals surface area contributed by atoms with Crippen LogP contribution < -0.4 is 19.5 Å². The quantitative estimate of drug-likeness (QED) is 0.248. The van der Waals surface area contributed by atoms with Crippen LogP contribution >= 0.6 is 0 Å². The van der Waals surface area contributed by atoms with Gasteiger partial charge in [-0.05, 0) is 49.2 Å². The minimum Gasteiger partial charge on any atom is -0.493 e. The van der Waals surface area contributed by atoms with Crippen molar-refractivity contribution in [1.82, 2.24) is 4.57 Å². The molecule has 0 aliphatic heterocycles. The Morgan fingerprint density at radius 1 is 0.897 bits per heavy atom. The fraction of sp³-hybridized carbons (Fsp3) is 0.226. The zero-order valence-electron chi connectivity index (χ0n) is 22.5. The molecular formula is C31H32N2O6. The van der Waals surface area contributed by atoms with Crippen molar-refractivity contribution in [1.29, 1.82) is 0 Å². The van der Waals surface area contributed by atoms with E-state index in [1.165, 1.54) is 0 Å². The highest BCUT2D eigenvalue weighted by Gasteiger charge is 2.28. The van der Waals surface area contributed by atoms with Gasteiger partial charge in [0.25, 0.3) is 5.91 Å². The van der Waals surface area contributed by atoms with Crippen LogP contribution in [0, 0.1) is 0 Å². The van der Waals surface area contributed by atoms with Gasteiger partial charge in [0.05, 0.1) is 26.5 Å². The number of ether oxygens (including phenoxy) is 4. The van der Waals surface area contributed by atoms with Gasteiger partial charge in [-0.1, -0.05) is 54.6 Å². The van der Waals surface area contributed by atoms with E-state index in [0.29, 0.717) is 35.0 Å². The van der Waals surface area contributed by atoms with Gasteiger partial charge in [-0.2, -0.15) is 0 Å². The molecule has 1 aromatic heterocycles. The third-order valence-corrected chi connectivity index (χ3v) is 6.11. The van der Waals surface area contributed by atoms with Crippen molar-refractivity contribution < 1.29 is 28.5 Å². The molecule has 39 heavy (non-hydrogen) atoms. The van der Waals surface area contributed by atoms with Gasteiger partial charge in [0.2, 0.25) is 0 Å². The lowest BCUT2D eigenvalue weighted by Gasteiger charge is -2.17. The number of para-hydroxylation sites is 1. The molecule has 0 fully saturated rings. The highest BCUT2D eigenvalue weighted by molar-refractivity contribution is 6.06. The van der Waals surface area contributed by atoms with E-state index in [2.05, 4.69) is 5.32 Å². The molecule has 3 aromatic carbocycles. The highest BCUT2D eigenvalue weighted by Crippen LogP contribution is 2.39. The maximum absolute atomic E-state index is 13.4. The minimum absolute atomic E-state index is 0.182. The first kappa shape index (κ1) is 27.3. The number of aromatic nitrogens is 1. The van der Waals surface area contributed by atoms with E-state index in [9.17, 15) is 9.59 Å². The Labute approximate surface area is 228 Å². The second-order valence-corrected chi connectivity index (χ2v) is 8.73. The Kier molecular flexibility index (Phi) is 8.89. The standard InChI is InChI=1S/C31H32N2O6/c1-5-38-31(35)29-28(32-30(34)21(2)39-24-14-10-7-11-15-24)25(20-33(29)19-22-12-8-6-9-13-22)23-16-17-26(36-3)27(18-23)37-4/h6-18,20-21H,5,19H2,1-4H3,(H,32,34)/t21-/m0/s1. The van der Waals surface area contributed by atoms with E-state index in [4.69, 9.17) is 18.9 Å². The number of nitrogens with zero attached hydrogens (tertiary/aromatic N) is 1. The minimum atomic E-state index is -0.835. The average molecular weight is 529 g/mol. The summed E-state index contributed by atoms with van der Waals surface area (Å²) in [5, 5.41) is 2.95. The SMILES string of the molecule is CCOC(=O)c1c(NC(=O)[C@H](C)Oc2ccccc2)c(-c2ccc(OC)c(OC)c2)cn1Cc1ccccc1. The van der Waals surface area contributed by atoms with Gasteiger partial charge in [0.1, 0.15) is 5.75 Å². The predicted octanol–water partition coefficient (Wildman–Crippen LogP) is 5.80. The van der Waals surface area contributed by atoms with Crippen LogP contribution in [0.1, 0.15) is 29.9 Å². The van der Waals surface area contributed by atoms with Gasteiger partial charge < -0.3 is 28.8 Å². The van der Waals surface area contributed by atoms with Crippen LogP contribution in [0.15, 0.2) is 85.1 Å². The molecule has 0 bridgehead atoms. The summed E-state index contributed by atoms with van der Waals surface area (Å²) in [4.78, 5) is 26.7. The first-order valence-corrected chi connectivity index (χ1v) is 12.6. The molecule has 4 rings (SSSR count). The molecule has 1 heterocycles. The lowest BCUT2D eigenvalue weighted by molar-refractivity contribution is -0.122. The molecule has 0 aliphatic carbocycles. The van der Waals surface area contributed by atoms with Crippen molar-refractivity contribution in [2.45, 2.75) is 26.5 Å². The van der Waals surface area contributed by atoms with Gasteiger partial charge in [0.15, 0.2) is 23.3 Å². The number of carbonyl (C=O) groups is 2. The molecule has 0 unspecified atom stereocenters.